The highest BCUT2D eigenvalue weighted by molar-refractivity contribution is 5.96. The van der Waals surface area contributed by atoms with Gasteiger partial charge in [0, 0.05) is 10.8 Å². The molecule has 0 spiro atoms. The summed E-state index contributed by atoms with van der Waals surface area (Å²) in [5.74, 6) is -0.393. The van der Waals surface area contributed by atoms with E-state index in [1.54, 1.807) is 24.6 Å². The zero-order valence-corrected chi connectivity index (χ0v) is 10.8. The van der Waals surface area contributed by atoms with E-state index in [0.29, 0.717) is 23.6 Å². The van der Waals surface area contributed by atoms with Crippen molar-refractivity contribution in [2.75, 3.05) is 6.61 Å². The van der Waals surface area contributed by atoms with Crippen molar-refractivity contribution in [1.82, 2.24) is 14.6 Å². The Hall–Kier alpha value is -2.43. The van der Waals surface area contributed by atoms with Crippen LogP contribution in [0.25, 0.3) is 16.4 Å². The number of aromatic nitrogens is 3. The van der Waals surface area contributed by atoms with Gasteiger partial charge >= 0.3 is 5.97 Å². The van der Waals surface area contributed by atoms with Crippen molar-refractivity contribution in [3.63, 3.8) is 0 Å². The van der Waals surface area contributed by atoms with Gasteiger partial charge in [0.05, 0.1) is 18.5 Å². The van der Waals surface area contributed by atoms with Gasteiger partial charge in [0.2, 0.25) is 0 Å². The molecule has 0 fully saturated rings. The molecule has 0 N–H and O–H groups in total. The van der Waals surface area contributed by atoms with Gasteiger partial charge in [0.1, 0.15) is 0 Å². The molecule has 0 atom stereocenters. The van der Waals surface area contributed by atoms with Crippen LogP contribution in [0.15, 0.2) is 30.5 Å². The van der Waals surface area contributed by atoms with Gasteiger partial charge in [-0.15, -0.1) is 0 Å². The standard InChI is InChI=1S/C14H13N3O2/c1-3-19-14(18)12-9(2)16-13-11-7-5-4-6-10(11)8-15-17(12)13/h4-8H,3H2,1-2H3. The maximum Gasteiger partial charge on any atom is 0.358 e. The molecule has 0 radical (unpaired) electrons. The number of ether oxygens (including phenoxy) is 1. The van der Waals surface area contributed by atoms with Crippen molar-refractivity contribution in [3.05, 3.63) is 41.9 Å². The summed E-state index contributed by atoms with van der Waals surface area (Å²) in [6.45, 7) is 3.90. The van der Waals surface area contributed by atoms with Crippen LogP contribution in [-0.2, 0) is 4.74 Å². The first-order valence-electron chi connectivity index (χ1n) is 6.12. The topological polar surface area (TPSA) is 56.5 Å². The Labute approximate surface area is 109 Å². The van der Waals surface area contributed by atoms with Gasteiger partial charge in [-0.25, -0.2) is 14.3 Å². The first kappa shape index (κ1) is 11.6. The number of rotatable bonds is 2. The van der Waals surface area contributed by atoms with Crippen LogP contribution in [-0.4, -0.2) is 27.2 Å². The van der Waals surface area contributed by atoms with Gasteiger partial charge < -0.3 is 4.74 Å². The highest BCUT2D eigenvalue weighted by Crippen LogP contribution is 2.20. The average molecular weight is 255 g/mol. The van der Waals surface area contributed by atoms with Gasteiger partial charge in [-0.3, -0.25) is 0 Å². The van der Waals surface area contributed by atoms with Gasteiger partial charge in [0.25, 0.3) is 0 Å². The minimum Gasteiger partial charge on any atom is -0.461 e. The Bertz CT molecular complexity index is 777. The molecule has 0 aliphatic heterocycles. The molecule has 0 saturated carbocycles. The zero-order chi connectivity index (χ0) is 13.4. The minimum atomic E-state index is -0.393. The summed E-state index contributed by atoms with van der Waals surface area (Å²) in [6.07, 6.45) is 1.73. The van der Waals surface area contributed by atoms with E-state index in [4.69, 9.17) is 4.74 Å². The highest BCUT2D eigenvalue weighted by atomic mass is 16.5. The third kappa shape index (κ3) is 1.74. The van der Waals surface area contributed by atoms with Crippen LogP contribution in [0.3, 0.4) is 0 Å². The van der Waals surface area contributed by atoms with Crippen molar-refractivity contribution >= 4 is 22.4 Å². The second-order valence-corrected chi connectivity index (χ2v) is 4.23. The van der Waals surface area contributed by atoms with Crippen molar-refractivity contribution < 1.29 is 9.53 Å². The number of esters is 1. The van der Waals surface area contributed by atoms with E-state index < -0.39 is 5.97 Å². The predicted molar refractivity (Wildman–Crippen MR) is 71.2 cm³/mol. The van der Waals surface area contributed by atoms with Crippen molar-refractivity contribution in [3.8, 4) is 0 Å². The Kier molecular flexibility index (Phi) is 2.67. The number of benzene rings is 1. The smallest absolute Gasteiger partial charge is 0.358 e. The molecule has 3 rings (SSSR count). The molecule has 5 heteroatoms. The molecule has 0 aliphatic carbocycles. The van der Waals surface area contributed by atoms with Crippen molar-refractivity contribution in [2.24, 2.45) is 0 Å². The molecule has 2 aromatic heterocycles. The van der Waals surface area contributed by atoms with Crippen molar-refractivity contribution in [2.45, 2.75) is 13.8 Å². The summed E-state index contributed by atoms with van der Waals surface area (Å²) < 4.78 is 6.60. The molecule has 1 aromatic carbocycles. The normalized spacial score (nSPS) is 11.1. The van der Waals surface area contributed by atoms with Gasteiger partial charge in [0.15, 0.2) is 11.3 Å². The first-order chi connectivity index (χ1) is 9.22. The summed E-state index contributed by atoms with van der Waals surface area (Å²) in [5.41, 5.74) is 1.70. The molecule has 0 bridgehead atoms. The fourth-order valence-electron chi connectivity index (χ4n) is 2.17. The number of hydrogen-bond donors (Lipinski definition) is 0. The Morgan fingerprint density at radius 3 is 2.95 bits per heavy atom. The van der Waals surface area contributed by atoms with E-state index in [9.17, 15) is 4.79 Å². The van der Waals surface area contributed by atoms with E-state index in [-0.39, 0.29) is 0 Å². The molecular formula is C14H13N3O2. The number of carbonyl (C=O) groups is 1. The number of carbonyl (C=O) groups excluding carboxylic acids is 1. The summed E-state index contributed by atoms with van der Waals surface area (Å²) in [5, 5.41) is 6.25. The predicted octanol–water partition coefficient (Wildman–Crippen LogP) is 2.37. The third-order valence-electron chi connectivity index (χ3n) is 3.01. The third-order valence-corrected chi connectivity index (χ3v) is 3.01. The van der Waals surface area contributed by atoms with Gasteiger partial charge in [-0.2, -0.15) is 5.10 Å². The van der Waals surface area contributed by atoms with Crippen LogP contribution in [0.5, 0.6) is 0 Å². The van der Waals surface area contributed by atoms with Crippen molar-refractivity contribution in [1.29, 1.82) is 0 Å². The maximum absolute atomic E-state index is 12.0. The quantitative estimate of drug-likeness (QED) is 0.660. The van der Waals surface area contributed by atoms with E-state index in [1.807, 2.05) is 24.3 Å². The lowest BCUT2D eigenvalue weighted by Gasteiger charge is -2.03. The number of fused-ring (bicyclic) bond motifs is 3. The number of hydrogen-bond acceptors (Lipinski definition) is 4. The van der Waals surface area contributed by atoms with Crippen LogP contribution in [0.4, 0.5) is 0 Å². The van der Waals surface area contributed by atoms with E-state index in [1.165, 1.54) is 0 Å². The first-order valence-corrected chi connectivity index (χ1v) is 6.12. The monoisotopic (exact) mass is 255 g/mol. The second kappa shape index (κ2) is 4.35. The van der Waals surface area contributed by atoms with Crippen LogP contribution in [0.2, 0.25) is 0 Å². The molecule has 3 aromatic rings. The largest absolute Gasteiger partial charge is 0.461 e. The average Bonchev–Trinajstić information content (AvgIpc) is 2.75. The zero-order valence-electron chi connectivity index (χ0n) is 10.8. The Morgan fingerprint density at radius 1 is 1.37 bits per heavy atom. The Morgan fingerprint density at radius 2 is 2.16 bits per heavy atom. The highest BCUT2D eigenvalue weighted by Gasteiger charge is 2.19. The minimum absolute atomic E-state index is 0.332. The van der Waals surface area contributed by atoms with Gasteiger partial charge in [-0.1, -0.05) is 24.3 Å². The molecular weight excluding hydrogens is 242 g/mol. The van der Waals surface area contributed by atoms with Gasteiger partial charge in [-0.05, 0) is 13.8 Å². The fraction of sp³-hybridized carbons (Fsp3) is 0.214. The molecule has 0 saturated heterocycles. The van der Waals surface area contributed by atoms with Crippen LogP contribution >= 0.6 is 0 Å². The van der Waals surface area contributed by atoms with Crippen LogP contribution in [0.1, 0.15) is 23.1 Å². The molecule has 0 aliphatic rings. The lowest BCUT2D eigenvalue weighted by Crippen LogP contribution is -2.10. The SMILES string of the molecule is CCOC(=O)c1c(C)nc2c3ccccc3cnn12. The van der Waals surface area contributed by atoms with E-state index >= 15 is 0 Å². The summed E-state index contributed by atoms with van der Waals surface area (Å²) >= 11 is 0. The van der Waals surface area contributed by atoms with Crippen LogP contribution in [0, 0.1) is 6.92 Å². The maximum atomic E-state index is 12.0. The summed E-state index contributed by atoms with van der Waals surface area (Å²) in [7, 11) is 0. The Balaban J connectivity index is 2.33. The number of nitrogens with zero attached hydrogens (tertiary/aromatic N) is 3. The molecule has 0 unspecified atom stereocenters. The molecule has 2 heterocycles. The summed E-state index contributed by atoms with van der Waals surface area (Å²) in [6, 6.07) is 7.82. The van der Waals surface area contributed by atoms with E-state index in [0.717, 1.165) is 10.8 Å². The lowest BCUT2D eigenvalue weighted by molar-refractivity contribution is 0.0516. The molecule has 0 amide bonds. The molecule has 19 heavy (non-hydrogen) atoms. The second-order valence-electron chi connectivity index (χ2n) is 4.23. The van der Waals surface area contributed by atoms with E-state index in [2.05, 4.69) is 10.1 Å². The lowest BCUT2D eigenvalue weighted by atomic mass is 10.2. The van der Waals surface area contributed by atoms with Crippen LogP contribution < -0.4 is 0 Å². The number of imidazole rings is 1. The molecule has 96 valence electrons. The number of aryl methyl sites for hydroxylation is 1. The summed E-state index contributed by atoms with van der Waals surface area (Å²) in [4.78, 5) is 16.4. The molecule has 5 nitrogen and oxygen atoms in total. The fourth-order valence-corrected chi connectivity index (χ4v) is 2.17.